The molecule has 3 nitrogen and oxygen atoms in total. The minimum absolute atomic E-state index is 0.136. The van der Waals surface area contributed by atoms with Crippen LogP contribution in [0.15, 0.2) is 23.8 Å². The molecule has 0 spiro atoms. The van der Waals surface area contributed by atoms with E-state index in [0.29, 0.717) is 12.3 Å². The first-order valence-corrected chi connectivity index (χ1v) is 17.9. The zero-order valence-electron chi connectivity index (χ0n) is 22.8. The van der Waals surface area contributed by atoms with Crippen molar-refractivity contribution in [2.24, 2.45) is 5.92 Å². The summed E-state index contributed by atoms with van der Waals surface area (Å²) in [5, 5.41) is 10.00. The van der Waals surface area contributed by atoms with Gasteiger partial charge in [0.05, 0.1) is 5.60 Å². The maximum absolute atomic E-state index is 9.74. The van der Waals surface area contributed by atoms with Crippen molar-refractivity contribution in [3.05, 3.63) is 23.8 Å². The van der Waals surface area contributed by atoms with Crippen LogP contribution in [0.1, 0.15) is 81.6 Å². The summed E-state index contributed by atoms with van der Waals surface area (Å²) >= 11 is 0. The summed E-state index contributed by atoms with van der Waals surface area (Å²) in [7, 11) is -3.46. The third-order valence-electron chi connectivity index (χ3n) is 7.71. The maximum Gasteiger partial charge on any atom is 0.193 e. The molecule has 0 aromatic heterocycles. The molecule has 0 aromatic carbocycles. The van der Waals surface area contributed by atoms with E-state index in [0.717, 1.165) is 43.2 Å². The Hall–Kier alpha value is -0.206. The van der Waals surface area contributed by atoms with Crippen molar-refractivity contribution in [1.82, 2.24) is 0 Å². The van der Waals surface area contributed by atoms with Crippen LogP contribution >= 0.6 is 0 Å². The predicted octanol–water partition coefficient (Wildman–Crippen LogP) is 8.09. The van der Waals surface area contributed by atoms with Gasteiger partial charge < -0.3 is 14.0 Å². The molecule has 1 N–H and O–H groups in total. The van der Waals surface area contributed by atoms with E-state index in [-0.39, 0.29) is 11.6 Å². The first-order valence-electron chi connectivity index (χ1n) is 12.4. The Morgan fingerprint density at radius 3 is 2.00 bits per heavy atom. The van der Waals surface area contributed by atoms with E-state index in [4.69, 9.17) is 8.85 Å². The van der Waals surface area contributed by atoms with Gasteiger partial charge in [0.15, 0.2) is 16.6 Å². The summed E-state index contributed by atoms with van der Waals surface area (Å²) in [5.74, 6) is 0.529. The second kappa shape index (κ2) is 12.9. The minimum Gasteiger partial charge on any atom is -0.417 e. The number of aliphatic hydroxyl groups excluding tert-OH is 1. The van der Waals surface area contributed by atoms with Crippen molar-refractivity contribution in [2.75, 3.05) is 13.2 Å². The normalized spacial score (nSPS) is 16.8. The van der Waals surface area contributed by atoms with E-state index in [1.54, 1.807) is 0 Å². The van der Waals surface area contributed by atoms with Crippen molar-refractivity contribution < 1.29 is 14.0 Å². The molecule has 0 aliphatic carbocycles. The first kappa shape index (κ1) is 30.8. The highest BCUT2D eigenvalue weighted by Crippen LogP contribution is 2.37. The Balaban J connectivity index is 5.10. The Morgan fingerprint density at radius 2 is 1.58 bits per heavy atom. The lowest BCUT2D eigenvalue weighted by Gasteiger charge is -2.41. The minimum atomic E-state index is -1.78. The molecule has 0 rings (SSSR count). The molecule has 0 heterocycles. The predicted molar refractivity (Wildman–Crippen MR) is 143 cm³/mol. The van der Waals surface area contributed by atoms with Crippen LogP contribution < -0.4 is 0 Å². The zero-order valence-corrected chi connectivity index (χ0v) is 24.8. The molecule has 0 saturated carbocycles. The molecule has 31 heavy (non-hydrogen) atoms. The smallest absolute Gasteiger partial charge is 0.193 e. The molecule has 2 atom stereocenters. The molecule has 0 unspecified atom stereocenters. The van der Waals surface area contributed by atoms with Crippen LogP contribution in [0, 0.1) is 5.92 Å². The van der Waals surface area contributed by atoms with Crippen LogP contribution in [0.25, 0.3) is 0 Å². The van der Waals surface area contributed by atoms with E-state index >= 15 is 0 Å². The van der Waals surface area contributed by atoms with Gasteiger partial charge in [0, 0.05) is 19.6 Å². The monoisotopic (exact) mass is 470 g/mol. The molecule has 0 aliphatic heterocycles. The summed E-state index contributed by atoms with van der Waals surface area (Å²) in [5.41, 5.74) is 1.91. The van der Waals surface area contributed by atoms with Gasteiger partial charge in [-0.2, -0.15) is 0 Å². The second-order valence-corrected chi connectivity index (χ2v) is 20.7. The summed E-state index contributed by atoms with van der Waals surface area (Å²) in [6.07, 6.45) is 4.86. The fourth-order valence-electron chi connectivity index (χ4n) is 3.79. The van der Waals surface area contributed by atoms with Crippen LogP contribution in [-0.2, 0) is 8.85 Å². The highest BCUT2D eigenvalue weighted by atomic mass is 28.4. The van der Waals surface area contributed by atoms with Crippen LogP contribution in [-0.4, -0.2) is 40.6 Å². The van der Waals surface area contributed by atoms with Gasteiger partial charge in [0.1, 0.15) is 0 Å². The Morgan fingerprint density at radius 1 is 1.06 bits per heavy atom. The van der Waals surface area contributed by atoms with Crippen molar-refractivity contribution in [1.29, 1.82) is 0 Å². The molecule has 0 saturated heterocycles. The van der Waals surface area contributed by atoms with Crippen LogP contribution in [0.5, 0.6) is 0 Å². The summed E-state index contributed by atoms with van der Waals surface area (Å²) in [4.78, 5) is 0. The number of hydrogen-bond acceptors (Lipinski definition) is 3. The maximum atomic E-state index is 9.74. The molecular formula is C26H54O3Si2. The molecule has 0 fully saturated rings. The number of rotatable bonds is 15. The summed E-state index contributed by atoms with van der Waals surface area (Å²) in [6, 6.07) is 3.33. The highest BCUT2D eigenvalue weighted by molar-refractivity contribution is 6.74. The number of hydrogen-bond donors (Lipinski definition) is 1. The molecular weight excluding hydrogens is 416 g/mol. The van der Waals surface area contributed by atoms with Crippen molar-refractivity contribution in [3.63, 3.8) is 0 Å². The van der Waals surface area contributed by atoms with Gasteiger partial charge in [-0.25, -0.2) is 0 Å². The fourth-order valence-corrected chi connectivity index (χ4v) is 8.00. The number of allylic oxidation sites excluding steroid dienone is 2. The fraction of sp³-hybridized carbons (Fsp3) is 0.846. The molecule has 184 valence electrons. The average Bonchev–Trinajstić information content (AvgIpc) is 2.65. The third kappa shape index (κ3) is 9.67. The van der Waals surface area contributed by atoms with Gasteiger partial charge in [0.25, 0.3) is 0 Å². The van der Waals surface area contributed by atoms with Crippen molar-refractivity contribution in [2.45, 2.75) is 123 Å². The van der Waals surface area contributed by atoms with Crippen LogP contribution in [0.4, 0.5) is 0 Å². The lowest BCUT2D eigenvalue weighted by Crippen LogP contribution is -2.47. The quantitative estimate of drug-likeness (QED) is 0.194. The van der Waals surface area contributed by atoms with Gasteiger partial charge in [-0.1, -0.05) is 66.7 Å². The van der Waals surface area contributed by atoms with E-state index in [1.807, 2.05) is 0 Å². The van der Waals surface area contributed by atoms with Gasteiger partial charge in [-0.3, -0.25) is 0 Å². The lowest BCUT2D eigenvalue weighted by molar-refractivity contribution is 0.0804. The molecule has 5 heteroatoms. The number of aliphatic hydroxyl groups is 1. The molecule has 0 aromatic rings. The topological polar surface area (TPSA) is 38.7 Å². The van der Waals surface area contributed by atoms with Crippen molar-refractivity contribution in [3.8, 4) is 0 Å². The molecule has 0 radical (unpaired) electrons. The van der Waals surface area contributed by atoms with E-state index in [1.165, 1.54) is 5.57 Å². The van der Waals surface area contributed by atoms with Gasteiger partial charge in [0.2, 0.25) is 0 Å². The van der Waals surface area contributed by atoms with Gasteiger partial charge >= 0.3 is 0 Å². The summed E-state index contributed by atoms with van der Waals surface area (Å²) in [6.45, 7) is 30.2. The zero-order chi connectivity index (χ0) is 24.5. The standard InChI is InChI=1S/C26H54O3Si2/c1-13-31(14-2,15-3)29-26(10,17-18-27)24(6)21-23(5)20-22(4)16-19-28-30(11,12)25(7,8)9/h21-22,27H,5,13-20H2,1-4,6-12H3/b24-21+/t22-,26+/m0/s1. The average molecular weight is 471 g/mol. The largest absolute Gasteiger partial charge is 0.417 e. The highest BCUT2D eigenvalue weighted by Gasteiger charge is 2.39. The van der Waals surface area contributed by atoms with E-state index in [2.05, 4.69) is 88.1 Å². The van der Waals surface area contributed by atoms with Gasteiger partial charge in [-0.15, -0.1) is 0 Å². The molecule has 0 aliphatic rings. The van der Waals surface area contributed by atoms with E-state index in [9.17, 15) is 5.11 Å². The van der Waals surface area contributed by atoms with Crippen molar-refractivity contribution >= 4 is 16.6 Å². The lowest BCUT2D eigenvalue weighted by atomic mass is 9.90. The molecule has 0 amide bonds. The Labute approximate surface area is 197 Å². The van der Waals surface area contributed by atoms with Crippen LogP contribution in [0.3, 0.4) is 0 Å². The third-order valence-corrected chi connectivity index (χ3v) is 17.0. The molecule has 0 bridgehead atoms. The second-order valence-electron chi connectivity index (χ2n) is 11.2. The first-order chi connectivity index (χ1) is 14.1. The Bertz CT molecular complexity index is 565. The Kier molecular flexibility index (Phi) is 12.8. The van der Waals surface area contributed by atoms with Gasteiger partial charge in [-0.05, 0) is 74.4 Å². The SMILES string of the molecule is C=C(/C=C(\C)[C@@](C)(CCO)O[Si](CC)(CC)CC)C[C@@H](C)CCO[Si](C)(C)C(C)(C)C. The summed E-state index contributed by atoms with van der Waals surface area (Å²) < 4.78 is 13.2. The van der Waals surface area contributed by atoms with Crippen LogP contribution in [0.2, 0.25) is 36.3 Å². The van der Waals surface area contributed by atoms with E-state index < -0.39 is 22.2 Å².